The van der Waals surface area contributed by atoms with E-state index in [0.717, 1.165) is 30.9 Å². The van der Waals surface area contributed by atoms with Crippen molar-refractivity contribution in [2.24, 2.45) is 5.92 Å². The minimum atomic E-state index is 0.0387. The van der Waals surface area contributed by atoms with E-state index >= 15 is 0 Å². The molecular weight excluding hydrogens is 226 g/mol. The van der Waals surface area contributed by atoms with Gasteiger partial charge in [-0.25, -0.2) is 0 Å². The van der Waals surface area contributed by atoms with Gasteiger partial charge in [0.1, 0.15) is 0 Å². The third kappa shape index (κ3) is 2.93. The summed E-state index contributed by atoms with van der Waals surface area (Å²) in [4.78, 5) is 17.5. The standard InChI is InChI=1S/C14H23N3O/c1-10(2)17-7-5-12(9-17)8-16-14(18)13-4-6-15-11(13)3/h4,6,10,12,15H,5,7-9H2,1-3H3,(H,16,18). The van der Waals surface area contributed by atoms with E-state index in [2.05, 4.69) is 29.0 Å². The summed E-state index contributed by atoms with van der Waals surface area (Å²) >= 11 is 0. The number of hydrogen-bond acceptors (Lipinski definition) is 2. The molecular formula is C14H23N3O. The minimum absolute atomic E-state index is 0.0387. The molecule has 0 bridgehead atoms. The molecule has 1 aliphatic rings. The van der Waals surface area contributed by atoms with Crippen LogP contribution in [0.1, 0.15) is 36.3 Å². The molecule has 1 saturated heterocycles. The second kappa shape index (κ2) is 5.57. The van der Waals surface area contributed by atoms with E-state index in [-0.39, 0.29) is 5.91 Å². The van der Waals surface area contributed by atoms with Crippen LogP contribution in [0.4, 0.5) is 0 Å². The Kier molecular flexibility index (Phi) is 4.07. The predicted octanol–water partition coefficient (Wildman–Crippen LogP) is 1.78. The molecule has 18 heavy (non-hydrogen) atoms. The summed E-state index contributed by atoms with van der Waals surface area (Å²) in [6.07, 6.45) is 2.99. The number of nitrogens with zero attached hydrogens (tertiary/aromatic N) is 1. The molecule has 1 fully saturated rings. The molecule has 2 rings (SSSR count). The van der Waals surface area contributed by atoms with Crippen molar-refractivity contribution in [1.82, 2.24) is 15.2 Å². The Balaban J connectivity index is 1.79. The van der Waals surface area contributed by atoms with E-state index in [1.165, 1.54) is 6.42 Å². The minimum Gasteiger partial charge on any atom is -0.365 e. The molecule has 1 amide bonds. The first kappa shape index (κ1) is 13.1. The smallest absolute Gasteiger partial charge is 0.253 e. The first-order chi connectivity index (χ1) is 8.58. The normalized spacial score (nSPS) is 20.6. The second-order valence-electron chi connectivity index (χ2n) is 5.47. The highest BCUT2D eigenvalue weighted by molar-refractivity contribution is 5.95. The van der Waals surface area contributed by atoms with Gasteiger partial charge in [-0.2, -0.15) is 0 Å². The van der Waals surface area contributed by atoms with E-state index in [4.69, 9.17) is 0 Å². The van der Waals surface area contributed by atoms with Crippen LogP contribution >= 0.6 is 0 Å². The lowest BCUT2D eigenvalue weighted by atomic mass is 10.1. The molecule has 1 unspecified atom stereocenters. The molecule has 2 N–H and O–H groups in total. The Labute approximate surface area is 109 Å². The van der Waals surface area contributed by atoms with Crippen LogP contribution in [0.25, 0.3) is 0 Å². The molecule has 0 radical (unpaired) electrons. The van der Waals surface area contributed by atoms with Gasteiger partial charge in [-0.15, -0.1) is 0 Å². The first-order valence-electron chi connectivity index (χ1n) is 6.74. The number of carbonyl (C=O) groups is 1. The van der Waals surface area contributed by atoms with Crippen LogP contribution in [0.3, 0.4) is 0 Å². The van der Waals surface area contributed by atoms with Gasteiger partial charge in [-0.05, 0) is 45.7 Å². The highest BCUT2D eigenvalue weighted by Gasteiger charge is 2.24. The number of aryl methyl sites for hydroxylation is 1. The predicted molar refractivity (Wildman–Crippen MR) is 72.7 cm³/mol. The van der Waals surface area contributed by atoms with Crippen LogP contribution in [0, 0.1) is 12.8 Å². The average molecular weight is 249 g/mol. The second-order valence-corrected chi connectivity index (χ2v) is 5.47. The third-order valence-corrected chi connectivity index (χ3v) is 3.80. The SMILES string of the molecule is Cc1[nH]ccc1C(=O)NCC1CCN(C(C)C)C1. The lowest BCUT2D eigenvalue weighted by Crippen LogP contribution is -2.33. The van der Waals surface area contributed by atoms with Crippen molar-refractivity contribution >= 4 is 5.91 Å². The first-order valence-corrected chi connectivity index (χ1v) is 6.74. The molecule has 100 valence electrons. The van der Waals surface area contributed by atoms with Crippen molar-refractivity contribution in [3.05, 3.63) is 23.5 Å². The molecule has 1 atom stereocenters. The highest BCUT2D eigenvalue weighted by atomic mass is 16.1. The van der Waals surface area contributed by atoms with Crippen LogP contribution in [0.5, 0.6) is 0 Å². The number of carbonyl (C=O) groups excluding carboxylic acids is 1. The third-order valence-electron chi connectivity index (χ3n) is 3.80. The van der Waals surface area contributed by atoms with Gasteiger partial charge in [0.05, 0.1) is 5.56 Å². The topological polar surface area (TPSA) is 48.1 Å². The number of aromatic nitrogens is 1. The summed E-state index contributed by atoms with van der Waals surface area (Å²) in [5.74, 6) is 0.632. The Morgan fingerprint density at radius 2 is 2.39 bits per heavy atom. The maximum atomic E-state index is 12.0. The quantitative estimate of drug-likeness (QED) is 0.854. The lowest BCUT2D eigenvalue weighted by molar-refractivity contribution is 0.0946. The van der Waals surface area contributed by atoms with E-state index in [9.17, 15) is 4.79 Å². The van der Waals surface area contributed by atoms with Gasteiger partial charge in [0, 0.05) is 31.0 Å². The van der Waals surface area contributed by atoms with Crippen molar-refractivity contribution in [3.8, 4) is 0 Å². The molecule has 1 aliphatic heterocycles. The maximum absolute atomic E-state index is 12.0. The molecule has 1 aromatic heterocycles. The summed E-state index contributed by atoms with van der Waals surface area (Å²) < 4.78 is 0. The fourth-order valence-electron chi connectivity index (χ4n) is 2.53. The van der Waals surface area contributed by atoms with Crippen LogP contribution in [-0.2, 0) is 0 Å². The Hall–Kier alpha value is -1.29. The average Bonchev–Trinajstić information content (AvgIpc) is 2.94. The van der Waals surface area contributed by atoms with Gasteiger partial charge in [0.2, 0.25) is 0 Å². The molecule has 4 heteroatoms. The number of rotatable bonds is 4. The summed E-state index contributed by atoms with van der Waals surface area (Å²) in [5, 5.41) is 3.04. The summed E-state index contributed by atoms with van der Waals surface area (Å²) in [6, 6.07) is 2.44. The Bertz CT molecular complexity index is 411. The number of H-pyrrole nitrogens is 1. The van der Waals surface area contributed by atoms with Gasteiger partial charge in [0.25, 0.3) is 5.91 Å². The van der Waals surface area contributed by atoms with Crippen molar-refractivity contribution in [1.29, 1.82) is 0 Å². The monoisotopic (exact) mass is 249 g/mol. The highest BCUT2D eigenvalue weighted by Crippen LogP contribution is 2.17. The van der Waals surface area contributed by atoms with Gasteiger partial charge < -0.3 is 15.2 Å². The molecule has 0 saturated carbocycles. The van der Waals surface area contributed by atoms with Gasteiger partial charge in [-0.3, -0.25) is 4.79 Å². The molecule has 0 aliphatic carbocycles. The fraction of sp³-hybridized carbons (Fsp3) is 0.643. The fourth-order valence-corrected chi connectivity index (χ4v) is 2.53. The molecule has 1 aromatic rings. The number of likely N-dealkylation sites (tertiary alicyclic amines) is 1. The summed E-state index contributed by atoms with van der Waals surface area (Å²) in [5.41, 5.74) is 1.69. The zero-order chi connectivity index (χ0) is 13.1. The maximum Gasteiger partial charge on any atom is 0.253 e. The largest absolute Gasteiger partial charge is 0.365 e. The molecule has 2 heterocycles. The van der Waals surface area contributed by atoms with Crippen molar-refractivity contribution in [2.75, 3.05) is 19.6 Å². The van der Waals surface area contributed by atoms with Crippen molar-refractivity contribution < 1.29 is 4.79 Å². The van der Waals surface area contributed by atoms with Crippen LogP contribution < -0.4 is 5.32 Å². The number of hydrogen-bond donors (Lipinski definition) is 2. The van der Waals surface area contributed by atoms with Gasteiger partial charge in [0.15, 0.2) is 0 Å². The molecule has 0 spiro atoms. The van der Waals surface area contributed by atoms with E-state index in [1.54, 1.807) is 6.20 Å². The number of amides is 1. The summed E-state index contributed by atoms with van der Waals surface area (Å²) in [7, 11) is 0. The van der Waals surface area contributed by atoms with Crippen molar-refractivity contribution in [2.45, 2.75) is 33.2 Å². The zero-order valence-electron chi connectivity index (χ0n) is 11.5. The number of aromatic amines is 1. The Morgan fingerprint density at radius 1 is 1.61 bits per heavy atom. The van der Waals surface area contributed by atoms with Crippen molar-refractivity contribution in [3.63, 3.8) is 0 Å². The van der Waals surface area contributed by atoms with Crippen LogP contribution in [0.15, 0.2) is 12.3 Å². The summed E-state index contributed by atoms with van der Waals surface area (Å²) in [6.45, 7) is 9.41. The Morgan fingerprint density at radius 3 is 2.94 bits per heavy atom. The van der Waals surface area contributed by atoms with Crippen LogP contribution in [0.2, 0.25) is 0 Å². The lowest BCUT2D eigenvalue weighted by Gasteiger charge is -2.20. The molecule has 4 nitrogen and oxygen atoms in total. The van der Waals surface area contributed by atoms with Gasteiger partial charge in [-0.1, -0.05) is 0 Å². The molecule has 0 aromatic carbocycles. The van der Waals surface area contributed by atoms with Crippen LogP contribution in [-0.4, -0.2) is 41.5 Å². The zero-order valence-corrected chi connectivity index (χ0v) is 11.5. The van der Waals surface area contributed by atoms with E-state index in [0.29, 0.717) is 12.0 Å². The van der Waals surface area contributed by atoms with E-state index < -0.39 is 0 Å². The van der Waals surface area contributed by atoms with Gasteiger partial charge >= 0.3 is 0 Å². The number of nitrogens with one attached hydrogen (secondary N) is 2. The van der Waals surface area contributed by atoms with E-state index in [1.807, 2.05) is 13.0 Å².